The molecule has 0 amide bonds. The molecule has 0 bridgehead atoms. The topological polar surface area (TPSA) is 51.5 Å². The van der Waals surface area contributed by atoms with Crippen LogP contribution in [-0.4, -0.2) is 23.4 Å². The van der Waals surface area contributed by atoms with Gasteiger partial charge in [-0.05, 0) is 94.6 Å². The number of allylic oxidation sites excluding steroid dienone is 2. The Balaban J connectivity index is 1.89. The van der Waals surface area contributed by atoms with E-state index < -0.39 is 5.97 Å². The number of rotatable bonds is 4. The first-order valence-corrected chi connectivity index (χ1v) is 11.3. The summed E-state index contributed by atoms with van der Waals surface area (Å²) in [7, 11) is 1.30. The molecule has 5 nitrogen and oxygen atoms in total. The fourth-order valence-electron chi connectivity index (χ4n) is 4.74. The maximum atomic E-state index is 13.5. The summed E-state index contributed by atoms with van der Waals surface area (Å²) in [6, 6.07) is 16.6. The van der Waals surface area contributed by atoms with E-state index >= 15 is 0 Å². The first kappa shape index (κ1) is 23.3. The zero-order valence-electron chi connectivity index (χ0n) is 20.8. The Labute approximate surface area is 201 Å². The minimum atomic E-state index is -0.620. The van der Waals surface area contributed by atoms with Gasteiger partial charge in [-0.2, -0.15) is 0 Å². The molecule has 1 aliphatic rings. The molecular formula is C29H30N2O3. The Morgan fingerprint density at radius 3 is 2.03 bits per heavy atom. The molecule has 0 radical (unpaired) electrons. The number of hydrogen-bond acceptors (Lipinski definition) is 4. The van der Waals surface area contributed by atoms with Gasteiger partial charge in [0.25, 0.3) is 0 Å². The highest BCUT2D eigenvalue weighted by Crippen LogP contribution is 2.37. The van der Waals surface area contributed by atoms with Crippen LogP contribution in [0.25, 0.3) is 11.8 Å². The highest BCUT2D eigenvalue weighted by atomic mass is 16.5. The number of methoxy groups -OCH3 is 1. The molecule has 0 saturated heterocycles. The van der Waals surface area contributed by atoms with E-state index in [2.05, 4.69) is 54.8 Å². The van der Waals surface area contributed by atoms with E-state index in [-0.39, 0.29) is 11.4 Å². The van der Waals surface area contributed by atoms with Gasteiger partial charge in [0, 0.05) is 28.5 Å². The van der Waals surface area contributed by atoms with Crippen molar-refractivity contribution in [3.8, 4) is 5.69 Å². The van der Waals surface area contributed by atoms with E-state index in [1.807, 2.05) is 43.9 Å². The second kappa shape index (κ2) is 8.82. The lowest BCUT2D eigenvalue weighted by Gasteiger charge is -2.22. The Bertz CT molecular complexity index is 1350. The summed E-state index contributed by atoms with van der Waals surface area (Å²) in [5, 5.41) is 0. The summed E-state index contributed by atoms with van der Waals surface area (Å²) in [5.41, 5.74) is 9.37. The van der Waals surface area contributed by atoms with Crippen molar-refractivity contribution in [1.29, 1.82) is 0 Å². The van der Waals surface area contributed by atoms with Crippen LogP contribution in [0.2, 0.25) is 0 Å². The summed E-state index contributed by atoms with van der Waals surface area (Å²) >= 11 is 0. The first-order chi connectivity index (χ1) is 16.1. The number of aryl methyl sites for hydroxylation is 4. The average Bonchev–Trinajstić information content (AvgIpc) is 3.19. The zero-order valence-corrected chi connectivity index (χ0v) is 20.8. The van der Waals surface area contributed by atoms with E-state index in [0.717, 1.165) is 39.5 Å². The molecule has 0 aliphatic carbocycles. The third-order valence-corrected chi connectivity index (χ3v) is 6.31. The summed E-state index contributed by atoms with van der Waals surface area (Å²) in [5.74, 6) is -0.950. The highest BCUT2D eigenvalue weighted by Gasteiger charge is 2.38. The molecule has 1 aromatic heterocycles. The Hall–Kier alpha value is -3.86. The van der Waals surface area contributed by atoms with Gasteiger partial charge in [0.15, 0.2) is 0 Å². The molecule has 2 aromatic carbocycles. The van der Waals surface area contributed by atoms with E-state index in [4.69, 9.17) is 4.74 Å². The van der Waals surface area contributed by atoms with Crippen molar-refractivity contribution in [2.45, 2.75) is 41.5 Å². The molecular weight excluding hydrogens is 424 g/mol. The van der Waals surface area contributed by atoms with Crippen LogP contribution >= 0.6 is 0 Å². The number of benzene rings is 2. The second-order valence-electron chi connectivity index (χ2n) is 8.99. The van der Waals surface area contributed by atoms with Crippen molar-refractivity contribution in [1.82, 2.24) is 4.57 Å². The second-order valence-corrected chi connectivity index (χ2v) is 8.99. The standard InChI is InChI=1S/C29H30N2O3/c1-17-8-10-24(11-9-17)30-20(4)15-23(21(30)5)16-26-28(32)27(29(33)34-7)22(6)31(26)25-13-18(2)12-19(3)14-25/h8-16H,1-7H3/b26-16-. The molecule has 1 aliphatic heterocycles. The number of Topliss-reactive ketones (excluding diaryl/α,β-unsaturated/α-hetero) is 1. The maximum Gasteiger partial charge on any atom is 0.343 e. The Morgan fingerprint density at radius 1 is 0.824 bits per heavy atom. The number of ketones is 1. The molecule has 3 aromatic rings. The van der Waals surface area contributed by atoms with E-state index in [9.17, 15) is 9.59 Å². The molecule has 0 atom stereocenters. The molecule has 5 heteroatoms. The minimum Gasteiger partial charge on any atom is -0.465 e. The number of carbonyl (C=O) groups is 2. The van der Waals surface area contributed by atoms with Crippen LogP contribution in [-0.2, 0) is 14.3 Å². The van der Waals surface area contributed by atoms with Gasteiger partial charge in [0.2, 0.25) is 5.78 Å². The predicted octanol–water partition coefficient (Wildman–Crippen LogP) is 5.90. The Morgan fingerprint density at radius 2 is 1.44 bits per heavy atom. The predicted molar refractivity (Wildman–Crippen MR) is 136 cm³/mol. The van der Waals surface area contributed by atoms with Gasteiger partial charge < -0.3 is 14.2 Å². The molecule has 0 fully saturated rings. The van der Waals surface area contributed by atoms with Gasteiger partial charge in [-0.25, -0.2) is 4.79 Å². The van der Waals surface area contributed by atoms with Crippen molar-refractivity contribution < 1.29 is 14.3 Å². The molecule has 4 rings (SSSR count). The van der Waals surface area contributed by atoms with Gasteiger partial charge in [-0.1, -0.05) is 23.8 Å². The quantitative estimate of drug-likeness (QED) is 0.280. The summed E-state index contributed by atoms with van der Waals surface area (Å²) in [4.78, 5) is 27.9. The van der Waals surface area contributed by atoms with Crippen molar-refractivity contribution in [2.24, 2.45) is 0 Å². The summed E-state index contributed by atoms with van der Waals surface area (Å²) < 4.78 is 7.12. The normalized spacial score (nSPS) is 15.0. The number of aromatic nitrogens is 1. The van der Waals surface area contributed by atoms with Crippen LogP contribution in [0.5, 0.6) is 0 Å². The monoisotopic (exact) mass is 454 g/mol. The van der Waals surface area contributed by atoms with Gasteiger partial charge >= 0.3 is 5.97 Å². The molecule has 0 unspecified atom stereocenters. The maximum absolute atomic E-state index is 13.5. The first-order valence-electron chi connectivity index (χ1n) is 11.3. The highest BCUT2D eigenvalue weighted by molar-refractivity contribution is 6.30. The van der Waals surface area contributed by atoms with Crippen LogP contribution in [0, 0.1) is 34.6 Å². The molecule has 0 N–H and O–H groups in total. The number of anilines is 1. The lowest BCUT2D eigenvalue weighted by molar-refractivity contribution is -0.137. The molecule has 34 heavy (non-hydrogen) atoms. The van der Waals surface area contributed by atoms with Crippen LogP contribution in [0.1, 0.15) is 40.6 Å². The summed E-state index contributed by atoms with van der Waals surface area (Å²) in [6.07, 6.45) is 1.88. The number of hydrogen-bond donors (Lipinski definition) is 0. The van der Waals surface area contributed by atoms with Gasteiger partial charge in [0.05, 0.1) is 12.8 Å². The Kier molecular flexibility index (Phi) is 6.05. The molecule has 0 saturated carbocycles. The van der Waals surface area contributed by atoms with Crippen LogP contribution < -0.4 is 4.90 Å². The average molecular weight is 455 g/mol. The summed E-state index contributed by atoms with van der Waals surface area (Å²) in [6.45, 7) is 12.0. The fourth-order valence-corrected chi connectivity index (χ4v) is 4.74. The fraction of sp³-hybridized carbons (Fsp3) is 0.241. The van der Waals surface area contributed by atoms with Crippen LogP contribution in [0.4, 0.5) is 5.69 Å². The van der Waals surface area contributed by atoms with E-state index in [1.165, 1.54) is 12.7 Å². The van der Waals surface area contributed by atoms with Gasteiger partial charge in [0.1, 0.15) is 5.57 Å². The SMILES string of the molecule is COC(=O)C1=C(C)N(c2cc(C)cc(C)c2)/C(=C\c2cc(C)n(-c3ccc(C)cc3)c2C)C1=O. The van der Waals surface area contributed by atoms with Crippen molar-refractivity contribution in [2.75, 3.05) is 12.0 Å². The number of esters is 1. The molecule has 2 heterocycles. The molecule has 174 valence electrons. The lowest BCUT2D eigenvalue weighted by Crippen LogP contribution is -2.18. The lowest BCUT2D eigenvalue weighted by atomic mass is 10.1. The third kappa shape index (κ3) is 3.98. The number of ether oxygens (including phenoxy) is 1. The van der Waals surface area contributed by atoms with Crippen molar-refractivity contribution >= 4 is 23.5 Å². The number of carbonyl (C=O) groups excluding carboxylic acids is 2. The minimum absolute atomic E-state index is 0.0697. The van der Waals surface area contributed by atoms with Crippen molar-refractivity contribution in [3.63, 3.8) is 0 Å². The largest absolute Gasteiger partial charge is 0.465 e. The number of nitrogens with zero attached hydrogens (tertiary/aromatic N) is 2. The zero-order chi connectivity index (χ0) is 24.7. The van der Waals surface area contributed by atoms with E-state index in [1.54, 1.807) is 6.92 Å². The van der Waals surface area contributed by atoms with Crippen molar-refractivity contribution in [3.05, 3.63) is 99.1 Å². The van der Waals surface area contributed by atoms with Crippen LogP contribution in [0.3, 0.4) is 0 Å². The van der Waals surface area contributed by atoms with E-state index in [0.29, 0.717) is 11.4 Å². The van der Waals surface area contributed by atoms with Gasteiger partial charge in [-0.3, -0.25) is 4.79 Å². The smallest absolute Gasteiger partial charge is 0.343 e. The molecule has 0 spiro atoms. The third-order valence-electron chi connectivity index (χ3n) is 6.31. The van der Waals surface area contributed by atoms with Gasteiger partial charge in [-0.15, -0.1) is 0 Å². The van der Waals surface area contributed by atoms with Crippen LogP contribution in [0.15, 0.2) is 65.5 Å².